The van der Waals surface area contributed by atoms with Crippen LogP contribution in [0.1, 0.15) is 0 Å². The Bertz CT molecular complexity index is 1310. The average Bonchev–Trinajstić information content (AvgIpc) is 2.59. The maximum absolute atomic E-state index is 11.8. The van der Waals surface area contributed by atoms with E-state index in [-0.39, 0.29) is 16.5 Å². The van der Waals surface area contributed by atoms with Crippen molar-refractivity contribution in [3.05, 3.63) is 48.5 Å². The monoisotopic (exact) mass is 423 g/mol. The zero-order valence-corrected chi connectivity index (χ0v) is 15.5. The molecule has 0 radical (unpaired) electrons. The molecule has 0 saturated carbocycles. The van der Waals surface area contributed by atoms with Crippen LogP contribution in [0.25, 0.3) is 10.8 Å². The molecule has 0 aliphatic heterocycles. The molecule has 3 aromatic rings. The molecule has 146 valence electrons. The van der Waals surface area contributed by atoms with Gasteiger partial charge in [-0.15, -0.1) is 5.11 Å². The van der Waals surface area contributed by atoms with Gasteiger partial charge in [-0.2, -0.15) is 21.9 Å². The van der Waals surface area contributed by atoms with Crippen LogP contribution in [0.15, 0.2) is 68.6 Å². The number of nitrogens with two attached hydrogens (primary N) is 1. The minimum Gasteiger partial charge on any atom is -0.507 e. The summed E-state index contributed by atoms with van der Waals surface area (Å²) in [5.41, 5.74) is 5.38. The van der Waals surface area contributed by atoms with E-state index in [2.05, 4.69) is 10.2 Å². The fourth-order valence-electron chi connectivity index (χ4n) is 2.56. The van der Waals surface area contributed by atoms with Gasteiger partial charge in [-0.3, -0.25) is 9.11 Å². The number of phenolic OH excluding ortho intramolecular Hbond substituents is 1. The molecule has 10 nitrogen and oxygen atoms in total. The first-order valence-corrected chi connectivity index (χ1v) is 10.4. The fraction of sp³-hybridized carbons (Fsp3) is 0. The summed E-state index contributed by atoms with van der Waals surface area (Å²) < 4.78 is 65.4. The topological polar surface area (TPSA) is 180 Å². The van der Waals surface area contributed by atoms with Crippen molar-refractivity contribution >= 4 is 48.1 Å². The summed E-state index contributed by atoms with van der Waals surface area (Å²) in [4.78, 5) is -1.47. The number of aromatic hydroxyl groups is 1. The number of nitrogen functional groups attached to an aromatic ring is 1. The van der Waals surface area contributed by atoms with Gasteiger partial charge in [0.1, 0.15) is 16.3 Å². The van der Waals surface area contributed by atoms with Gasteiger partial charge in [0, 0.05) is 22.5 Å². The van der Waals surface area contributed by atoms with Gasteiger partial charge in [0.2, 0.25) is 0 Å². The standard InChI is InChI=1S/C16H13N3O7S2/c17-12-7-10(27(21,22)23)6-11-15(12)13(20)8-14(28(24,25)26)16(11)19-18-9-4-2-1-3-5-9/h1-8,20H,17H2,(H,21,22,23)(H,24,25,26). The van der Waals surface area contributed by atoms with Gasteiger partial charge in [-0.25, -0.2) is 0 Å². The second-order valence-corrected chi connectivity index (χ2v) is 8.47. The molecule has 5 N–H and O–H groups in total. The van der Waals surface area contributed by atoms with E-state index in [9.17, 15) is 31.0 Å². The van der Waals surface area contributed by atoms with Crippen LogP contribution in [0, 0.1) is 0 Å². The van der Waals surface area contributed by atoms with E-state index in [0.717, 1.165) is 18.2 Å². The SMILES string of the molecule is Nc1cc(S(=O)(=O)O)cc2c(N=Nc3ccccc3)c(S(=O)(=O)O)cc(O)c12. The quantitative estimate of drug-likeness (QED) is 0.281. The molecule has 28 heavy (non-hydrogen) atoms. The van der Waals surface area contributed by atoms with Crippen LogP contribution in [0.5, 0.6) is 5.75 Å². The first-order valence-electron chi connectivity index (χ1n) is 7.49. The van der Waals surface area contributed by atoms with Crippen molar-refractivity contribution in [3.8, 4) is 5.75 Å². The molecular weight excluding hydrogens is 410 g/mol. The van der Waals surface area contributed by atoms with E-state index >= 15 is 0 Å². The molecule has 3 rings (SSSR count). The Morgan fingerprint density at radius 2 is 1.50 bits per heavy atom. The van der Waals surface area contributed by atoms with E-state index in [1.807, 2.05) is 0 Å². The number of hydrogen-bond acceptors (Lipinski definition) is 8. The maximum Gasteiger partial charge on any atom is 0.296 e. The number of benzene rings is 3. The van der Waals surface area contributed by atoms with Crippen LogP contribution < -0.4 is 5.73 Å². The van der Waals surface area contributed by atoms with E-state index in [0.29, 0.717) is 5.69 Å². The number of phenols is 1. The molecule has 0 atom stereocenters. The van der Waals surface area contributed by atoms with Crippen LogP contribution in [-0.2, 0) is 20.2 Å². The molecule has 0 unspecified atom stereocenters. The van der Waals surface area contributed by atoms with Gasteiger partial charge in [0.25, 0.3) is 20.2 Å². The molecule has 0 aliphatic rings. The summed E-state index contributed by atoms with van der Waals surface area (Å²) in [6, 6.07) is 10.6. The van der Waals surface area contributed by atoms with Gasteiger partial charge < -0.3 is 10.8 Å². The van der Waals surface area contributed by atoms with Gasteiger partial charge in [0.05, 0.1) is 10.6 Å². The molecule has 0 spiro atoms. The number of nitrogens with zero attached hydrogens (tertiary/aromatic N) is 2. The van der Waals surface area contributed by atoms with Gasteiger partial charge >= 0.3 is 0 Å². The normalized spacial score (nSPS) is 12.6. The molecule has 0 aliphatic carbocycles. The van der Waals surface area contributed by atoms with Gasteiger partial charge in [-0.1, -0.05) is 18.2 Å². The highest BCUT2D eigenvalue weighted by atomic mass is 32.2. The molecule has 0 heterocycles. The highest BCUT2D eigenvalue weighted by Gasteiger charge is 2.24. The van der Waals surface area contributed by atoms with Crippen molar-refractivity contribution in [1.82, 2.24) is 0 Å². The Labute approximate surface area is 159 Å². The Balaban J connectivity index is 2.45. The smallest absolute Gasteiger partial charge is 0.296 e. The van der Waals surface area contributed by atoms with Crippen molar-refractivity contribution < 1.29 is 31.0 Å². The van der Waals surface area contributed by atoms with Crippen LogP contribution in [0.2, 0.25) is 0 Å². The first-order chi connectivity index (χ1) is 13.0. The van der Waals surface area contributed by atoms with Crippen LogP contribution in [0.4, 0.5) is 17.1 Å². The second kappa shape index (κ2) is 6.83. The molecule has 0 amide bonds. The predicted octanol–water partition coefficient (Wildman–Crippen LogP) is 3.04. The molecule has 12 heteroatoms. The second-order valence-electron chi connectivity index (χ2n) is 5.66. The minimum absolute atomic E-state index is 0.123. The first kappa shape index (κ1) is 19.7. The highest BCUT2D eigenvalue weighted by molar-refractivity contribution is 7.86. The van der Waals surface area contributed by atoms with Crippen LogP contribution in [0.3, 0.4) is 0 Å². The van der Waals surface area contributed by atoms with E-state index in [1.165, 1.54) is 0 Å². The third-order valence-corrected chi connectivity index (χ3v) is 5.45. The largest absolute Gasteiger partial charge is 0.507 e. The average molecular weight is 423 g/mol. The van der Waals surface area contributed by atoms with E-state index < -0.39 is 41.5 Å². The lowest BCUT2D eigenvalue weighted by Crippen LogP contribution is -2.03. The Kier molecular flexibility index (Phi) is 4.81. The van der Waals surface area contributed by atoms with E-state index in [4.69, 9.17) is 5.73 Å². The number of anilines is 1. The molecule has 0 saturated heterocycles. The van der Waals surface area contributed by atoms with Gasteiger partial charge in [-0.05, 0) is 24.3 Å². The molecule has 0 aromatic heterocycles. The zero-order chi connectivity index (χ0) is 20.7. The summed E-state index contributed by atoms with van der Waals surface area (Å²) >= 11 is 0. The summed E-state index contributed by atoms with van der Waals surface area (Å²) in [5, 5.41) is 17.5. The predicted molar refractivity (Wildman–Crippen MR) is 100 cm³/mol. The van der Waals surface area contributed by atoms with Crippen molar-refractivity contribution in [1.29, 1.82) is 0 Å². The summed E-state index contributed by atoms with van der Waals surface area (Å²) in [5.74, 6) is -0.638. The van der Waals surface area contributed by atoms with Crippen LogP contribution in [-0.4, -0.2) is 31.0 Å². The Morgan fingerprint density at radius 1 is 0.857 bits per heavy atom. The molecule has 0 fully saturated rings. The molecular formula is C16H13N3O7S2. The van der Waals surface area contributed by atoms with E-state index in [1.54, 1.807) is 30.3 Å². The molecule has 3 aromatic carbocycles. The molecule has 0 bridgehead atoms. The maximum atomic E-state index is 11.8. The lowest BCUT2D eigenvalue weighted by molar-refractivity contribution is 0.471. The summed E-state index contributed by atoms with van der Waals surface area (Å²) in [7, 11) is -9.59. The zero-order valence-electron chi connectivity index (χ0n) is 13.9. The fourth-order valence-corrected chi connectivity index (χ4v) is 3.76. The number of hydrogen-bond donors (Lipinski definition) is 4. The number of fused-ring (bicyclic) bond motifs is 1. The Morgan fingerprint density at radius 3 is 2.07 bits per heavy atom. The third-order valence-electron chi connectivity index (χ3n) is 3.75. The minimum atomic E-state index is -4.88. The third kappa shape index (κ3) is 3.80. The van der Waals surface area contributed by atoms with Crippen molar-refractivity contribution in [3.63, 3.8) is 0 Å². The van der Waals surface area contributed by atoms with Crippen molar-refractivity contribution in [2.75, 3.05) is 5.73 Å². The highest BCUT2D eigenvalue weighted by Crippen LogP contribution is 2.43. The number of azo groups is 1. The number of rotatable bonds is 4. The summed E-state index contributed by atoms with van der Waals surface area (Å²) in [6.07, 6.45) is 0. The Hall–Kier alpha value is -3.06. The van der Waals surface area contributed by atoms with Gasteiger partial charge in [0.15, 0.2) is 0 Å². The lowest BCUT2D eigenvalue weighted by atomic mass is 10.1. The summed E-state index contributed by atoms with van der Waals surface area (Å²) in [6.45, 7) is 0. The van der Waals surface area contributed by atoms with Crippen LogP contribution >= 0.6 is 0 Å². The van der Waals surface area contributed by atoms with Crippen molar-refractivity contribution in [2.24, 2.45) is 10.2 Å². The lowest BCUT2D eigenvalue weighted by Gasteiger charge is -2.12. The van der Waals surface area contributed by atoms with Crippen molar-refractivity contribution in [2.45, 2.75) is 9.79 Å².